The van der Waals surface area contributed by atoms with Crippen molar-refractivity contribution in [3.8, 4) is 0 Å². The van der Waals surface area contributed by atoms with Crippen LogP contribution in [-0.4, -0.2) is 30.2 Å². The van der Waals surface area contributed by atoms with E-state index in [2.05, 4.69) is 25.7 Å². The monoisotopic (exact) mass is 237 g/mol. The number of aromatic amines is 1. The molecule has 9 heteroatoms. The summed E-state index contributed by atoms with van der Waals surface area (Å²) in [5, 5.41) is 29.3. The fraction of sp³-hybridized carbons (Fsp3) is 0.500. The highest BCUT2D eigenvalue weighted by molar-refractivity contribution is 5.18. The van der Waals surface area contributed by atoms with Crippen molar-refractivity contribution in [3.63, 3.8) is 0 Å². The predicted molar refractivity (Wildman–Crippen MR) is 55.5 cm³/mol. The van der Waals surface area contributed by atoms with Gasteiger partial charge in [0, 0.05) is 6.54 Å². The van der Waals surface area contributed by atoms with Crippen LogP contribution < -0.4 is 4.68 Å². The van der Waals surface area contributed by atoms with Crippen LogP contribution in [0.3, 0.4) is 0 Å². The Balaban J connectivity index is 2.20. The van der Waals surface area contributed by atoms with Gasteiger partial charge in [0.2, 0.25) is 12.0 Å². The first-order valence-electron chi connectivity index (χ1n) is 5.26. The van der Waals surface area contributed by atoms with E-state index in [1.807, 2.05) is 13.8 Å². The van der Waals surface area contributed by atoms with E-state index < -0.39 is 0 Å². The molecule has 90 valence electrons. The molecule has 0 bridgehead atoms. The fourth-order valence-electron chi connectivity index (χ4n) is 1.20. The van der Waals surface area contributed by atoms with E-state index in [-0.39, 0.29) is 11.6 Å². The van der Waals surface area contributed by atoms with Crippen molar-refractivity contribution in [3.05, 3.63) is 17.6 Å². The number of H-pyrrole nitrogens is 1. The third kappa shape index (κ3) is 2.44. The molecule has 2 heterocycles. The summed E-state index contributed by atoms with van der Waals surface area (Å²) in [7, 11) is 0. The molecule has 0 aliphatic carbocycles. The van der Waals surface area contributed by atoms with E-state index in [0.717, 1.165) is 0 Å². The molecule has 17 heavy (non-hydrogen) atoms. The van der Waals surface area contributed by atoms with Gasteiger partial charge in [-0.25, -0.2) is 0 Å². The van der Waals surface area contributed by atoms with Gasteiger partial charge in [-0.1, -0.05) is 15.5 Å². The standard InChI is InChI=1S/C8H12N8O/c1-3-14-5-7(9-12-14)11-16(17)8-6-15(4-2)13-10-8/h5-6H,3-4H2,1-2H3/p+1. The first-order valence-corrected chi connectivity index (χ1v) is 5.26. The number of aryl methyl sites for hydroxylation is 2. The number of nitrogens with zero attached hydrogens (tertiary/aromatic N) is 7. The topological polar surface area (TPSA) is 102 Å². The van der Waals surface area contributed by atoms with Crippen molar-refractivity contribution in [2.24, 2.45) is 5.11 Å². The molecule has 1 N–H and O–H groups in total. The molecule has 9 nitrogen and oxygen atoms in total. The van der Waals surface area contributed by atoms with E-state index in [1.165, 1.54) is 0 Å². The van der Waals surface area contributed by atoms with Gasteiger partial charge in [0.15, 0.2) is 0 Å². The van der Waals surface area contributed by atoms with Gasteiger partial charge in [-0.05, 0) is 13.8 Å². The molecule has 0 spiro atoms. The third-order valence-electron chi connectivity index (χ3n) is 2.14. The second kappa shape index (κ2) is 4.68. The van der Waals surface area contributed by atoms with Gasteiger partial charge in [0.05, 0.1) is 11.3 Å². The van der Waals surface area contributed by atoms with Crippen LogP contribution in [0, 0.1) is 5.21 Å². The summed E-state index contributed by atoms with van der Waals surface area (Å²) in [5.74, 6) is 0.436. The maximum atomic E-state index is 11.6. The molecule has 0 aliphatic heterocycles. The quantitative estimate of drug-likeness (QED) is 0.468. The number of aromatic nitrogens is 6. The molecule has 0 amide bonds. The second-order valence-corrected chi connectivity index (χ2v) is 3.29. The van der Waals surface area contributed by atoms with Crippen LogP contribution in [-0.2, 0) is 13.1 Å². The van der Waals surface area contributed by atoms with Gasteiger partial charge in [0.1, 0.15) is 6.54 Å². The third-order valence-corrected chi connectivity index (χ3v) is 2.14. The van der Waals surface area contributed by atoms with E-state index in [0.29, 0.717) is 18.0 Å². The van der Waals surface area contributed by atoms with Gasteiger partial charge in [-0.15, -0.1) is 9.96 Å². The van der Waals surface area contributed by atoms with Gasteiger partial charge in [-0.3, -0.25) is 4.68 Å². The SMILES string of the molecule is CCn1cc(N=[N+]([O-])c2c[n+](CC)[nH]n2)nn1. The van der Waals surface area contributed by atoms with E-state index >= 15 is 0 Å². The molecular formula is C8H13N8O+. The van der Waals surface area contributed by atoms with Gasteiger partial charge in [0.25, 0.3) is 0 Å². The molecule has 0 atom stereocenters. The zero-order chi connectivity index (χ0) is 12.3. The predicted octanol–water partition coefficient (Wildman–Crippen LogP) is 0.254. The number of rotatable bonds is 4. The lowest BCUT2D eigenvalue weighted by Gasteiger charge is -1.95. The highest BCUT2D eigenvalue weighted by Crippen LogP contribution is 2.10. The zero-order valence-electron chi connectivity index (χ0n) is 9.61. The van der Waals surface area contributed by atoms with Crippen molar-refractivity contribution in [1.82, 2.24) is 25.3 Å². The van der Waals surface area contributed by atoms with Crippen molar-refractivity contribution in [1.29, 1.82) is 0 Å². The van der Waals surface area contributed by atoms with Crippen molar-refractivity contribution in [2.45, 2.75) is 26.9 Å². The lowest BCUT2D eigenvalue weighted by atomic mass is 10.7. The first kappa shape index (κ1) is 11.2. The normalized spacial score (nSPS) is 12.0. The maximum Gasteiger partial charge on any atom is 0.416 e. The van der Waals surface area contributed by atoms with Gasteiger partial charge in [-0.2, -0.15) is 4.68 Å². The average molecular weight is 237 g/mol. The van der Waals surface area contributed by atoms with Crippen LogP contribution in [0.25, 0.3) is 0 Å². The minimum atomic E-state index is 0.179. The molecule has 2 aromatic heterocycles. The van der Waals surface area contributed by atoms with Crippen LogP contribution in [0.15, 0.2) is 17.5 Å². The summed E-state index contributed by atoms with van der Waals surface area (Å²) in [5.41, 5.74) is 0. The van der Waals surface area contributed by atoms with E-state index in [4.69, 9.17) is 0 Å². The lowest BCUT2D eigenvalue weighted by Crippen LogP contribution is -2.33. The summed E-state index contributed by atoms with van der Waals surface area (Å²) in [6.07, 6.45) is 3.16. The Labute approximate surface area is 96.9 Å². The van der Waals surface area contributed by atoms with Crippen molar-refractivity contribution >= 4 is 11.6 Å². The Morgan fingerprint density at radius 1 is 1.59 bits per heavy atom. The van der Waals surface area contributed by atoms with Gasteiger partial charge < -0.3 is 5.21 Å². The van der Waals surface area contributed by atoms with E-state index in [1.54, 1.807) is 21.8 Å². The summed E-state index contributed by atoms with van der Waals surface area (Å²) in [6.45, 7) is 5.23. The summed E-state index contributed by atoms with van der Waals surface area (Å²) in [6, 6.07) is 0. The lowest BCUT2D eigenvalue weighted by molar-refractivity contribution is -0.751. The molecule has 0 radical (unpaired) electrons. The Kier molecular flexibility index (Phi) is 3.08. The first-order chi connectivity index (χ1) is 8.22. The molecule has 0 saturated heterocycles. The number of hydrogen-bond acceptors (Lipinski definition) is 5. The number of nitrogens with one attached hydrogen (secondary N) is 1. The van der Waals surface area contributed by atoms with E-state index in [9.17, 15) is 5.21 Å². The molecule has 0 fully saturated rings. The Morgan fingerprint density at radius 3 is 3.00 bits per heavy atom. The second-order valence-electron chi connectivity index (χ2n) is 3.29. The summed E-state index contributed by atoms with van der Waals surface area (Å²) in [4.78, 5) is 0.409. The Bertz CT molecular complexity index is 527. The van der Waals surface area contributed by atoms with Crippen molar-refractivity contribution in [2.75, 3.05) is 0 Å². The minimum absolute atomic E-state index is 0.179. The van der Waals surface area contributed by atoms with Crippen LogP contribution in [0.4, 0.5) is 11.6 Å². The molecule has 0 saturated carbocycles. The highest BCUT2D eigenvalue weighted by Gasteiger charge is 2.12. The number of hydrogen-bond donors (Lipinski definition) is 1. The Morgan fingerprint density at radius 2 is 2.41 bits per heavy atom. The molecule has 0 aliphatic rings. The van der Waals surface area contributed by atoms with Crippen molar-refractivity contribution < 1.29 is 9.54 Å². The fourth-order valence-corrected chi connectivity index (χ4v) is 1.20. The molecule has 2 aromatic rings. The summed E-state index contributed by atoms with van der Waals surface area (Å²) >= 11 is 0. The number of azo groups is 1. The van der Waals surface area contributed by atoms with Crippen LogP contribution in [0.5, 0.6) is 0 Å². The molecule has 0 aromatic carbocycles. The average Bonchev–Trinajstić information content (AvgIpc) is 2.96. The smallest absolute Gasteiger partial charge is 0.416 e. The molecule has 0 unspecified atom stereocenters. The van der Waals surface area contributed by atoms with Crippen LogP contribution >= 0.6 is 0 Å². The highest BCUT2D eigenvalue weighted by atomic mass is 16.5. The zero-order valence-corrected chi connectivity index (χ0v) is 9.61. The van der Waals surface area contributed by atoms with Gasteiger partial charge >= 0.3 is 5.82 Å². The summed E-state index contributed by atoms with van der Waals surface area (Å²) < 4.78 is 3.25. The molecular weight excluding hydrogens is 224 g/mol. The Hall–Kier alpha value is -2.32. The minimum Gasteiger partial charge on any atom is -0.690 e. The molecule has 2 rings (SSSR count). The van der Waals surface area contributed by atoms with Crippen LogP contribution in [0.1, 0.15) is 13.8 Å². The maximum absolute atomic E-state index is 11.6. The largest absolute Gasteiger partial charge is 0.690 e. The van der Waals surface area contributed by atoms with Crippen LogP contribution in [0.2, 0.25) is 0 Å².